The molecular weight excluding hydrogens is 330 g/mol. The van der Waals surface area contributed by atoms with E-state index in [2.05, 4.69) is 4.72 Å². The average Bonchev–Trinajstić information content (AvgIpc) is 2.59. The Labute approximate surface area is 141 Å². The topological polar surface area (TPSA) is 81.7 Å². The summed E-state index contributed by atoms with van der Waals surface area (Å²) in [4.78, 5) is 11.4. The first-order chi connectivity index (χ1) is 11.4. The molecule has 0 unspecified atom stereocenters. The number of Topliss-reactive ketones (excluding diaryl/α,β-unsaturated/α-hetero) is 1. The number of rotatable bonds is 7. The van der Waals surface area contributed by atoms with Crippen molar-refractivity contribution in [1.29, 1.82) is 0 Å². The van der Waals surface area contributed by atoms with Crippen LogP contribution in [0.15, 0.2) is 47.4 Å². The first-order valence-corrected chi connectivity index (χ1v) is 8.66. The van der Waals surface area contributed by atoms with E-state index in [0.29, 0.717) is 22.6 Å². The molecule has 2 aromatic rings. The summed E-state index contributed by atoms with van der Waals surface area (Å²) in [6, 6.07) is 11.1. The van der Waals surface area contributed by atoms with Gasteiger partial charge in [0.1, 0.15) is 11.5 Å². The number of ketones is 1. The maximum absolute atomic E-state index is 12.4. The fourth-order valence-electron chi connectivity index (χ4n) is 2.11. The smallest absolute Gasteiger partial charge is 0.240 e. The van der Waals surface area contributed by atoms with Crippen LogP contribution in [0.5, 0.6) is 11.5 Å². The maximum atomic E-state index is 12.4. The summed E-state index contributed by atoms with van der Waals surface area (Å²) < 4.78 is 37.6. The van der Waals surface area contributed by atoms with Crippen LogP contribution >= 0.6 is 0 Å². The van der Waals surface area contributed by atoms with Crippen molar-refractivity contribution in [3.05, 3.63) is 53.6 Å². The number of carbonyl (C=O) groups excluding carboxylic acids is 1. The standard InChI is InChI=1S/C17H19NO5S/c1-12(19)14-5-4-6-17(9-14)24(20,21)18-11-13-7-15(22-2)10-16(8-13)23-3/h4-10,18H,11H2,1-3H3. The number of hydrogen-bond donors (Lipinski definition) is 1. The molecule has 128 valence electrons. The van der Waals surface area contributed by atoms with Gasteiger partial charge in [-0.3, -0.25) is 4.79 Å². The molecule has 0 saturated carbocycles. The van der Waals surface area contributed by atoms with Gasteiger partial charge in [0.15, 0.2) is 5.78 Å². The third-order valence-electron chi connectivity index (χ3n) is 3.43. The van der Waals surface area contributed by atoms with E-state index >= 15 is 0 Å². The largest absolute Gasteiger partial charge is 0.497 e. The van der Waals surface area contributed by atoms with Gasteiger partial charge in [-0.1, -0.05) is 12.1 Å². The average molecular weight is 349 g/mol. The lowest BCUT2D eigenvalue weighted by molar-refractivity contribution is 0.101. The van der Waals surface area contributed by atoms with Crippen molar-refractivity contribution >= 4 is 15.8 Å². The number of hydrogen-bond acceptors (Lipinski definition) is 5. The number of benzene rings is 2. The van der Waals surface area contributed by atoms with Crippen LogP contribution in [-0.2, 0) is 16.6 Å². The van der Waals surface area contributed by atoms with Gasteiger partial charge in [-0.2, -0.15) is 0 Å². The second kappa shape index (κ2) is 7.46. The minimum Gasteiger partial charge on any atom is -0.497 e. The lowest BCUT2D eigenvalue weighted by Gasteiger charge is -2.10. The zero-order valence-corrected chi connectivity index (χ0v) is 14.5. The Morgan fingerprint density at radius 2 is 1.67 bits per heavy atom. The van der Waals surface area contributed by atoms with Crippen molar-refractivity contribution in [2.45, 2.75) is 18.4 Å². The highest BCUT2D eigenvalue weighted by Crippen LogP contribution is 2.23. The summed E-state index contributed by atoms with van der Waals surface area (Å²) >= 11 is 0. The predicted molar refractivity (Wildman–Crippen MR) is 90.0 cm³/mol. The molecule has 1 N–H and O–H groups in total. The molecule has 2 rings (SSSR count). The summed E-state index contributed by atoms with van der Waals surface area (Å²) in [6.45, 7) is 1.46. The first kappa shape index (κ1) is 18.0. The molecule has 0 aliphatic rings. The minimum absolute atomic E-state index is 0.0464. The molecule has 0 fully saturated rings. The Bertz CT molecular complexity index is 824. The van der Waals surface area contributed by atoms with Gasteiger partial charge in [0.2, 0.25) is 10.0 Å². The normalized spacial score (nSPS) is 11.1. The molecule has 2 aromatic carbocycles. The van der Waals surface area contributed by atoms with Crippen LogP contribution in [0.1, 0.15) is 22.8 Å². The zero-order valence-electron chi connectivity index (χ0n) is 13.7. The third kappa shape index (κ3) is 4.33. The lowest BCUT2D eigenvalue weighted by atomic mass is 10.2. The number of ether oxygens (including phenoxy) is 2. The van der Waals surface area contributed by atoms with Gasteiger partial charge in [0.05, 0.1) is 19.1 Å². The van der Waals surface area contributed by atoms with Crippen LogP contribution < -0.4 is 14.2 Å². The molecule has 24 heavy (non-hydrogen) atoms. The molecule has 0 bridgehead atoms. The maximum Gasteiger partial charge on any atom is 0.240 e. The Hall–Kier alpha value is -2.38. The predicted octanol–water partition coefficient (Wildman–Crippen LogP) is 2.38. The highest BCUT2D eigenvalue weighted by atomic mass is 32.2. The Morgan fingerprint density at radius 3 is 2.21 bits per heavy atom. The Morgan fingerprint density at radius 1 is 1.04 bits per heavy atom. The molecule has 0 aromatic heterocycles. The number of carbonyl (C=O) groups is 1. The highest BCUT2D eigenvalue weighted by molar-refractivity contribution is 7.89. The summed E-state index contributed by atoms with van der Waals surface area (Å²) in [7, 11) is -0.690. The van der Waals surface area contributed by atoms with Crippen LogP contribution in [0.3, 0.4) is 0 Å². The molecule has 0 aliphatic carbocycles. The molecule has 0 atom stereocenters. The van der Waals surface area contributed by atoms with Crippen molar-refractivity contribution < 1.29 is 22.7 Å². The van der Waals surface area contributed by atoms with E-state index < -0.39 is 10.0 Å². The van der Waals surface area contributed by atoms with Crippen LogP contribution in [0.4, 0.5) is 0 Å². The molecule has 0 heterocycles. The number of methoxy groups -OCH3 is 2. The summed E-state index contributed by atoms with van der Waals surface area (Å²) in [5.41, 5.74) is 1.04. The number of sulfonamides is 1. The van der Waals surface area contributed by atoms with E-state index in [-0.39, 0.29) is 17.2 Å². The van der Waals surface area contributed by atoms with Crippen LogP contribution in [0.25, 0.3) is 0 Å². The molecule has 7 heteroatoms. The van der Waals surface area contributed by atoms with E-state index in [1.54, 1.807) is 30.3 Å². The number of nitrogens with one attached hydrogen (secondary N) is 1. The molecule has 0 aliphatic heterocycles. The highest BCUT2D eigenvalue weighted by Gasteiger charge is 2.15. The molecule has 0 radical (unpaired) electrons. The van der Waals surface area contributed by atoms with E-state index in [0.717, 1.165) is 0 Å². The Kier molecular flexibility index (Phi) is 5.58. The lowest BCUT2D eigenvalue weighted by Crippen LogP contribution is -2.23. The molecular formula is C17H19NO5S. The van der Waals surface area contributed by atoms with Gasteiger partial charge in [0, 0.05) is 18.2 Å². The van der Waals surface area contributed by atoms with Crippen molar-refractivity contribution in [2.75, 3.05) is 14.2 Å². The third-order valence-corrected chi connectivity index (χ3v) is 4.83. The quantitative estimate of drug-likeness (QED) is 0.776. The van der Waals surface area contributed by atoms with E-state index in [1.807, 2.05) is 0 Å². The monoisotopic (exact) mass is 349 g/mol. The van der Waals surface area contributed by atoms with Gasteiger partial charge in [-0.05, 0) is 36.8 Å². The van der Waals surface area contributed by atoms with E-state index in [4.69, 9.17) is 9.47 Å². The van der Waals surface area contributed by atoms with E-state index in [9.17, 15) is 13.2 Å². The second-order valence-electron chi connectivity index (χ2n) is 5.13. The Balaban J connectivity index is 2.21. The van der Waals surface area contributed by atoms with Gasteiger partial charge < -0.3 is 9.47 Å². The van der Waals surface area contributed by atoms with Crippen molar-refractivity contribution in [3.63, 3.8) is 0 Å². The van der Waals surface area contributed by atoms with Crippen molar-refractivity contribution in [1.82, 2.24) is 4.72 Å². The van der Waals surface area contributed by atoms with E-state index in [1.165, 1.54) is 33.3 Å². The van der Waals surface area contributed by atoms with Gasteiger partial charge >= 0.3 is 0 Å². The zero-order chi connectivity index (χ0) is 17.7. The van der Waals surface area contributed by atoms with Crippen LogP contribution in [0.2, 0.25) is 0 Å². The molecule has 0 spiro atoms. The second-order valence-corrected chi connectivity index (χ2v) is 6.90. The molecule has 0 saturated heterocycles. The van der Waals surface area contributed by atoms with Crippen LogP contribution in [-0.4, -0.2) is 28.4 Å². The van der Waals surface area contributed by atoms with Gasteiger partial charge in [-0.15, -0.1) is 0 Å². The van der Waals surface area contributed by atoms with Gasteiger partial charge in [-0.25, -0.2) is 13.1 Å². The van der Waals surface area contributed by atoms with Crippen LogP contribution in [0, 0.1) is 0 Å². The molecule has 6 nitrogen and oxygen atoms in total. The summed E-state index contributed by atoms with van der Waals surface area (Å²) in [5, 5.41) is 0. The van der Waals surface area contributed by atoms with Gasteiger partial charge in [0.25, 0.3) is 0 Å². The minimum atomic E-state index is -3.74. The SMILES string of the molecule is COc1cc(CNS(=O)(=O)c2cccc(C(C)=O)c2)cc(OC)c1. The van der Waals surface area contributed by atoms with Crippen molar-refractivity contribution in [3.8, 4) is 11.5 Å². The fourth-order valence-corrected chi connectivity index (χ4v) is 3.18. The summed E-state index contributed by atoms with van der Waals surface area (Å²) in [6.07, 6.45) is 0. The summed E-state index contributed by atoms with van der Waals surface area (Å²) in [5.74, 6) is 0.953. The molecule has 0 amide bonds. The fraction of sp³-hybridized carbons (Fsp3) is 0.235. The van der Waals surface area contributed by atoms with Crippen molar-refractivity contribution in [2.24, 2.45) is 0 Å². The first-order valence-electron chi connectivity index (χ1n) is 7.18.